The van der Waals surface area contributed by atoms with Crippen LogP contribution in [0.4, 0.5) is 0 Å². The minimum absolute atomic E-state index is 0.0839. The van der Waals surface area contributed by atoms with Crippen molar-refractivity contribution in [2.45, 2.75) is 12.8 Å². The molecule has 0 aliphatic heterocycles. The molecule has 0 unspecified atom stereocenters. The molecule has 0 N–H and O–H groups in total. The van der Waals surface area contributed by atoms with Crippen LogP contribution in [-0.4, -0.2) is 21.3 Å². The van der Waals surface area contributed by atoms with Crippen LogP contribution in [0.15, 0.2) is 89.3 Å². The van der Waals surface area contributed by atoms with Gasteiger partial charge in [0.15, 0.2) is 11.5 Å². The molecule has 0 saturated carbocycles. The molecule has 0 saturated heterocycles. The zero-order valence-corrected chi connectivity index (χ0v) is 24.3. The number of benzene rings is 4. The molecule has 0 amide bonds. The highest BCUT2D eigenvalue weighted by molar-refractivity contribution is 7.43. The maximum absolute atomic E-state index is 11.9. The number of phosphoric ester groups is 1. The van der Waals surface area contributed by atoms with Gasteiger partial charge in [0.2, 0.25) is 5.75 Å². The largest absolute Gasteiger partial charge is 0.780 e. The van der Waals surface area contributed by atoms with E-state index in [1.165, 1.54) is 27.4 Å². The van der Waals surface area contributed by atoms with Gasteiger partial charge in [-0.05, 0) is 46.5 Å². The predicted molar refractivity (Wildman–Crippen MR) is 158 cm³/mol. The van der Waals surface area contributed by atoms with Gasteiger partial charge in [0, 0.05) is 18.4 Å². The second kappa shape index (κ2) is 12.6. The van der Waals surface area contributed by atoms with Crippen molar-refractivity contribution in [1.29, 1.82) is 0 Å². The molecule has 1 heterocycles. The Kier molecular flexibility index (Phi) is 8.69. The fourth-order valence-electron chi connectivity index (χ4n) is 4.91. The number of phosphoric acid groups is 1. The number of ether oxygens (including phenoxy) is 3. The van der Waals surface area contributed by atoms with E-state index in [1.54, 1.807) is 30.4 Å². The van der Waals surface area contributed by atoms with Crippen LogP contribution < -0.4 is 28.5 Å². The normalized spacial score (nSPS) is 11.6. The van der Waals surface area contributed by atoms with E-state index in [2.05, 4.69) is 0 Å². The van der Waals surface area contributed by atoms with E-state index < -0.39 is 7.82 Å². The lowest BCUT2D eigenvalue weighted by Gasteiger charge is -2.29. The summed E-state index contributed by atoms with van der Waals surface area (Å²) in [6.45, 7) is 0. The smallest absolute Gasteiger partial charge is 0.203 e. The minimum Gasteiger partial charge on any atom is -0.780 e. The van der Waals surface area contributed by atoms with Crippen molar-refractivity contribution in [1.82, 2.24) is 0 Å². The molecule has 0 aliphatic rings. The summed E-state index contributed by atoms with van der Waals surface area (Å²) in [4.78, 5) is 23.7. The molecule has 1 aromatic heterocycles. The first kappa shape index (κ1) is 29.0. The minimum atomic E-state index is -5.39. The van der Waals surface area contributed by atoms with Gasteiger partial charge >= 0.3 is 0 Å². The molecule has 0 aliphatic carbocycles. The van der Waals surface area contributed by atoms with Gasteiger partial charge in [-0.25, -0.2) is 0 Å². The Bertz CT molecular complexity index is 1730. The molecule has 9 heteroatoms. The second-order valence-corrected chi connectivity index (χ2v) is 10.6. The highest BCUT2D eigenvalue weighted by Gasteiger charge is 2.21. The maximum atomic E-state index is 11.9. The van der Waals surface area contributed by atoms with Gasteiger partial charge in [0.05, 0.1) is 26.7 Å². The molecule has 4 aromatic carbocycles. The summed E-state index contributed by atoms with van der Waals surface area (Å²) in [6.07, 6.45) is 4.47. The Morgan fingerprint density at radius 1 is 0.714 bits per heavy atom. The van der Waals surface area contributed by atoms with Crippen molar-refractivity contribution in [3.8, 4) is 23.0 Å². The summed E-state index contributed by atoms with van der Waals surface area (Å²) >= 11 is 0. The maximum Gasteiger partial charge on any atom is 0.203 e. The van der Waals surface area contributed by atoms with Crippen LogP contribution in [-0.2, 0) is 17.4 Å². The number of rotatable bonds is 11. The first-order chi connectivity index (χ1) is 20.3. The molecular weight excluding hydrogens is 555 g/mol. The summed E-state index contributed by atoms with van der Waals surface area (Å²) in [5, 5.41) is 0.446. The van der Waals surface area contributed by atoms with Crippen molar-refractivity contribution in [2.24, 2.45) is 0 Å². The Morgan fingerprint density at radius 2 is 1.24 bits per heavy atom. The molecule has 5 rings (SSSR count). The lowest BCUT2D eigenvalue weighted by molar-refractivity contribution is -0.333. The third-order valence-electron chi connectivity index (χ3n) is 6.76. The number of fused-ring (bicyclic) bond motifs is 1. The number of methoxy groups -OCH3 is 3. The Hall–Kier alpha value is -4.49. The Labute approximate surface area is 244 Å². The Balaban J connectivity index is 1.64. The van der Waals surface area contributed by atoms with Crippen molar-refractivity contribution >= 4 is 30.9 Å². The summed E-state index contributed by atoms with van der Waals surface area (Å²) < 4.78 is 39.6. The van der Waals surface area contributed by atoms with Gasteiger partial charge in [-0.2, -0.15) is 0 Å². The average molecular weight is 585 g/mol. The molecule has 0 atom stereocenters. The average Bonchev–Trinajstić information content (AvgIpc) is 3.32. The van der Waals surface area contributed by atoms with Crippen LogP contribution in [0.2, 0.25) is 0 Å². The SMILES string of the molecule is COc1cc(C=Cc2cc(OP(=O)([O-])[O-])c3c(Cc4ccccc4)c(Cc4ccccc4)oc3c2)cc(OC)c1OC. The quantitative estimate of drug-likeness (QED) is 0.137. The van der Waals surface area contributed by atoms with Crippen molar-refractivity contribution in [2.75, 3.05) is 21.3 Å². The lowest BCUT2D eigenvalue weighted by atomic mass is 9.97. The van der Waals surface area contributed by atoms with Crippen LogP contribution in [0.25, 0.3) is 23.1 Å². The van der Waals surface area contributed by atoms with Crippen LogP contribution in [0.3, 0.4) is 0 Å². The zero-order valence-electron chi connectivity index (χ0n) is 23.4. The lowest BCUT2D eigenvalue weighted by Crippen LogP contribution is -2.18. The third kappa shape index (κ3) is 6.69. The van der Waals surface area contributed by atoms with Gasteiger partial charge in [-0.3, -0.25) is 0 Å². The van der Waals surface area contributed by atoms with E-state index in [1.807, 2.05) is 60.7 Å². The van der Waals surface area contributed by atoms with Gasteiger partial charge in [-0.1, -0.05) is 72.8 Å². The predicted octanol–water partition coefficient (Wildman–Crippen LogP) is 6.02. The van der Waals surface area contributed by atoms with E-state index in [4.69, 9.17) is 23.2 Å². The van der Waals surface area contributed by atoms with Gasteiger partial charge in [0.1, 0.15) is 24.9 Å². The Morgan fingerprint density at radius 3 is 1.76 bits per heavy atom. The van der Waals surface area contributed by atoms with E-state index in [0.29, 0.717) is 52.4 Å². The second-order valence-electron chi connectivity index (χ2n) is 9.55. The summed E-state index contributed by atoms with van der Waals surface area (Å²) in [6, 6.07) is 26.4. The highest BCUT2D eigenvalue weighted by atomic mass is 31.2. The summed E-state index contributed by atoms with van der Waals surface area (Å²) in [7, 11) is -0.803. The molecule has 0 fully saturated rings. The molecular formula is C33H29O8P-2. The van der Waals surface area contributed by atoms with Gasteiger partial charge in [0.25, 0.3) is 0 Å². The van der Waals surface area contributed by atoms with Crippen molar-refractivity contribution in [3.05, 3.63) is 119 Å². The van der Waals surface area contributed by atoms with Crippen molar-refractivity contribution < 1.29 is 37.5 Å². The fraction of sp³-hybridized carbons (Fsp3) is 0.152. The van der Waals surface area contributed by atoms with Crippen LogP contribution in [0.5, 0.6) is 23.0 Å². The molecule has 5 aromatic rings. The molecule has 0 bridgehead atoms. The molecule has 8 nitrogen and oxygen atoms in total. The first-order valence-corrected chi connectivity index (χ1v) is 14.6. The highest BCUT2D eigenvalue weighted by Crippen LogP contribution is 2.42. The zero-order chi connectivity index (χ0) is 29.7. The molecule has 42 heavy (non-hydrogen) atoms. The first-order valence-electron chi connectivity index (χ1n) is 13.1. The van der Waals surface area contributed by atoms with Crippen LogP contribution in [0.1, 0.15) is 33.6 Å². The fourth-order valence-corrected chi connectivity index (χ4v) is 5.30. The monoisotopic (exact) mass is 584 g/mol. The third-order valence-corrected chi connectivity index (χ3v) is 7.18. The standard InChI is InChI=1S/C33H31O8P/c1-37-30-20-25(21-31(38-2)33(30)39-3)15-14-24-18-28-32(29(19-24)41-42(34,35)36)26(16-22-10-6-4-7-11-22)27(40-28)17-23-12-8-5-9-13-23/h4-15,18-21H,16-17H2,1-3H3,(H2,34,35,36)/p-2. The van der Waals surface area contributed by atoms with E-state index in [0.717, 1.165) is 22.3 Å². The molecule has 0 radical (unpaired) electrons. The van der Waals surface area contributed by atoms with Crippen molar-refractivity contribution in [3.63, 3.8) is 0 Å². The van der Waals surface area contributed by atoms with Gasteiger partial charge in [-0.15, -0.1) is 0 Å². The number of furan rings is 1. The number of hydrogen-bond acceptors (Lipinski definition) is 8. The van der Waals surface area contributed by atoms with Gasteiger partial charge < -0.3 is 37.5 Å². The molecule has 216 valence electrons. The summed E-state index contributed by atoms with van der Waals surface area (Å²) in [5.74, 6) is 2.00. The van der Waals surface area contributed by atoms with E-state index in [9.17, 15) is 14.4 Å². The topological polar surface area (TPSA) is 113 Å². The molecule has 0 spiro atoms. The van der Waals surface area contributed by atoms with Crippen LogP contribution in [0, 0.1) is 0 Å². The number of hydrogen-bond donors (Lipinski definition) is 0. The van der Waals surface area contributed by atoms with Crippen LogP contribution >= 0.6 is 7.82 Å². The van der Waals surface area contributed by atoms with E-state index >= 15 is 0 Å². The van der Waals surface area contributed by atoms with E-state index in [-0.39, 0.29) is 5.75 Å². The summed E-state index contributed by atoms with van der Waals surface area (Å²) in [5.41, 5.74) is 4.48.